The third-order valence-corrected chi connectivity index (χ3v) is 4.21. The Morgan fingerprint density at radius 2 is 2.26 bits per heavy atom. The second-order valence-corrected chi connectivity index (χ2v) is 5.66. The first-order chi connectivity index (χ1) is 9.24. The smallest absolute Gasteiger partial charge is 0.115 e. The first kappa shape index (κ1) is 12.5. The van der Waals surface area contributed by atoms with Crippen molar-refractivity contribution in [3.8, 4) is 5.75 Å². The van der Waals surface area contributed by atoms with E-state index in [9.17, 15) is 5.11 Å². The van der Waals surface area contributed by atoms with Crippen LogP contribution in [0.3, 0.4) is 0 Å². The number of fused-ring (bicyclic) bond motifs is 1. The molecule has 0 amide bonds. The number of nitrogens with two attached hydrogens (primary N) is 1. The van der Waals surface area contributed by atoms with Crippen molar-refractivity contribution >= 4 is 5.84 Å². The fraction of sp³-hybridized carbons (Fsp3) is 0.533. The predicted octanol–water partition coefficient (Wildman–Crippen LogP) is 1.43. The van der Waals surface area contributed by atoms with E-state index in [4.69, 9.17) is 10.7 Å². The van der Waals surface area contributed by atoms with E-state index in [-0.39, 0.29) is 0 Å². The van der Waals surface area contributed by atoms with Gasteiger partial charge in [0.2, 0.25) is 0 Å². The van der Waals surface area contributed by atoms with Crippen molar-refractivity contribution in [2.45, 2.75) is 37.8 Å². The molecular weight excluding hydrogens is 238 g/mol. The molecule has 4 heteroatoms. The topological polar surface area (TPSA) is 70.6 Å². The molecule has 2 aliphatic rings. The molecule has 3 rings (SSSR count). The van der Waals surface area contributed by atoms with Gasteiger partial charge in [-0.25, -0.2) is 0 Å². The van der Waals surface area contributed by atoms with Crippen molar-refractivity contribution in [1.82, 2.24) is 5.32 Å². The van der Waals surface area contributed by atoms with Crippen LogP contribution in [0.25, 0.3) is 0 Å². The molecule has 0 spiro atoms. The van der Waals surface area contributed by atoms with Crippen LogP contribution in [0.15, 0.2) is 29.3 Å². The molecule has 0 saturated heterocycles. The summed E-state index contributed by atoms with van der Waals surface area (Å²) in [5.41, 5.74) is 6.87. The highest BCUT2D eigenvalue weighted by atomic mass is 16.3. The summed E-state index contributed by atoms with van der Waals surface area (Å²) in [6, 6.07) is 8.28. The third kappa shape index (κ3) is 2.73. The molecule has 102 valence electrons. The highest BCUT2D eigenvalue weighted by Gasteiger charge is 2.34. The molecule has 1 aliphatic heterocycles. The van der Waals surface area contributed by atoms with E-state index in [1.807, 2.05) is 12.1 Å². The molecule has 3 unspecified atom stereocenters. The van der Waals surface area contributed by atoms with E-state index in [0.29, 0.717) is 23.8 Å². The van der Waals surface area contributed by atoms with E-state index < -0.39 is 0 Å². The maximum absolute atomic E-state index is 9.49. The minimum absolute atomic E-state index is 0.316. The molecular formula is C15H21N3O. The number of aromatic hydroxyl groups is 1. The molecule has 1 heterocycles. The van der Waals surface area contributed by atoms with Gasteiger partial charge in [0, 0.05) is 12.5 Å². The van der Waals surface area contributed by atoms with Gasteiger partial charge in [-0.3, -0.25) is 4.99 Å². The standard InChI is InChI=1S/C15H21N3O/c16-9-11-4-5-13-14(7-11)18-15(17-13)8-10-2-1-3-12(19)6-10/h1-3,6,11,13-14,19H,4-5,7-9,16H2,(H,17,18). The van der Waals surface area contributed by atoms with Crippen LogP contribution >= 0.6 is 0 Å². The van der Waals surface area contributed by atoms with Crippen molar-refractivity contribution < 1.29 is 5.11 Å². The molecule has 1 aromatic rings. The number of benzene rings is 1. The van der Waals surface area contributed by atoms with Gasteiger partial charge < -0.3 is 16.2 Å². The lowest BCUT2D eigenvalue weighted by atomic mass is 9.83. The molecule has 0 radical (unpaired) electrons. The summed E-state index contributed by atoms with van der Waals surface area (Å²) < 4.78 is 0. The van der Waals surface area contributed by atoms with Crippen molar-refractivity contribution in [3.63, 3.8) is 0 Å². The molecule has 1 saturated carbocycles. The second kappa shape index (κ2) is 5.21. The lowest BCUT2D eigenvalue weighted by Gasteiger charge is -2.29. The Kier molecular flexibility index (Phi) is 3.42. The summed E-state index contributed by atoms with van der Waals surface area (Å²) in [5.74, 6) is 2.01. The number of nitrogens with one attached hydrogen (secondary N) is 1. The monoisotopic (exact) mass is 259 g/mol. The Balaban J connectivity index is 1.65. The van der Waals surface area contributed by atoms with Crippen LogP contribution < -0.4 is 11.1 Å². The van der Waals surface area contributed by atoms with Crippen LogP contribution in [0.5, 0.6) is 5.75 Å². The fourth-order valence-corrected chi connectivity index (χ4v) is 3.17. The van der Waals surface area contributed by atoms with Gasteiger partial charge in [0.15, 0.2) is 0 Å². The van der Waals surface area contributed by atoms with Gasteiger partial charge in [-0.15, -0.1) is 0 Å². The van der Waals surface area contributed by atoms with Crippen molar-refractivity contribution in [1.29, 1.82) is 0 Å². The Bertz CT molecular complexity index is 486. The van der Waals surface area contributed by atoms with Crippen LogP contribution in [-0.4, -0.2) is 29.6 Å². The number of hydrogen-bond acceptors (Lipinski definition) is 4. The van der Waals surface area contributed by atoms with E-state index >= 15 is 0 Å². The summed E-state index contributed by atoms with van der Waals surface area (Å²) in [6.07, 6.45) is 4.24. The van der Waals surface area contributed by atoms with Gasteiger partial charge >= 0.3 is 0 Å². The zero-order valence-corrected chi connectivity index (χ0v) is 11.0. The molecule has 3 atom stereocenters. The van der Waals surface area contributed by atoms with Crippen LogP contribution in [-0.2, 0) is 6.42 Å². The molecule has 0 aromatic heterocycles. The summed E-state index contributed by atoms with van der Waals surface area (Å²) >= 11 is 0. The van der Waals surface area contributed by atoms with E-state index in [2.05, 4.69) is 5.32 Å². The maximum atomic E-state index is 9.49. The Morgan fingerprint density at radius 3 is 3.05 bits per heavy atom. The SMILES string of the molecule is NCC1CCC2N=C(Cc3cccc(O)c3)NC2C1. The lowest BCUT2D eigenvalue weighted by molar-refractivity contribution is 0.294. The van der Waals surface area contributed by atoms with Crippen molar-refractivity contribution in [2.75, 3.05) is 6.54 Å². The van der Waals surface area contributed by atoms with Gasteiger partial charge in [0.1, 0.15) is 11.6 Å². The Hall–Kier alpha value is -1.55. The van der Waals surface area contributed by atoms with Crippen LogP contribution in [0.2, 0.25) is 0 Å². The molecule has 0 bridgehead atoms. The first-order valence-electron chi connectivity index (χ1n) is 7.06. The van der Waals surface area contributed by atoms with Gasteiger partial charge in [-0.2, -0.15) is 0 Å². The summed E-state index contributed by atoms with van der Waals surface area (Å²) in [4.78, 5) is 4.79. The highest BCUT2D eigenvalue weighted by molar-refractivity contribution is 5.86. The molecule has 4 nitrogen and oxygen atoms in total. The number of phenols is 1. The molecule has 1 fully saturated rings. The highest BCUT2D eigenvalue weighted by Crippen LogP contribution is 2.29. The minimum atomic E-state index is 0.316. The van der Waals surface area contributed by atoms with Crippen LogP contribution in [0.4, 0.5) is 0 Å². The molecule has 1 aliphatic carbocycles. The number of phenolic OH excluding ortho intramolecular Hbond substituents is 1. The van der Waals surface area contributed by atoms with Crippen LogP contribution in [0.1, 0.15) is 24.8 Å². The van der Waals surface area contributed by atoms with Crippen LogP contribution in [0, 0.1) is 5.92 Å². The Labute approximate surface area is 113 Å². The fourth-order valence-electron chi connectivity index (χ4n) is 3.17. The number of amidine groups is 1. The minimum Gasteiger partial charge on any atom is -0.508 e. The number of nitrogens with zero attached hydrogens (tertiary/aromatic N) is 1. The quantitative estimate of drug-likeness (QED) is 0.769. The molecule has 19 heavy (non-hydrogen) atoms. The summed E-state index contributed by atoms with van der Waals surface area (Å²) in [6.45, 7) is 0.785. The normalized spacial score (nSPS) is 29.5. The van der Waals surface area contributed by atoms with E-state index in [0.717, 1.165) is 37.2 Å². The lowest BCUT2D eigenvalue weighted by Crippen LogP contribution is -2.41. The average molecular weight is 259 g/mol. The third-order valence-electron chi connectivity index (χ3n) is 4.21. The van der Waals surface area contributed by atoms with E-state index in [1.165, 1.54) is 6.42 Å². The zero-order valence-electron chi connectivity index (χ0n) is 11.0. The van der Waals surface area contributed by atoms with E-state index in [1.54, 1.807) is 12.1 Å². The second-order valence-electron chi connectivity index (χ2n) is 5.66. The number of aliphatic imine (C=N–C) groups is 1. The summed E-state index contributed by atoms with van der Waals surface area (Å²) in [5, 5.41) is 13.0. The van der Waals surface area contributed by atoms with Gasteiger partial charge in [0.05, 0.1) is 6.04 Å². The average Bonchev–Trinajstić information content (AvgIpc) is 2.79. The largest absolute Gasteiger partial charge is 0.508 e. The maximum Gasteiger partial charge on any atom is 0.115 e. The number of rotatable bonds is 3. The zero-order chi connectivity index (χ0) is 13.2. The van der Waals surface area contributed by atoms with Gasteiger partial charge in [0.25, 0.3) is 0 Å². The molecule has 1 aromatic carbocycles. The summed E-state index contributed by atoms with van der Waals surface area (Å²) in [7, 11) is 0. The van der Waals surface area contributed by atoms with Crippen molar-refractivity contribution in [3.05, 3.63) is 29.8 Å². The van der Waals surface area contributed by atoms with Gasteiger partial charge in [-0.05, 0) is 49.4 Å². The predicted molar refractivity (Wildman–Crippen MR) is 76.4 cm³/mol. The number of hydrogen-bond donors (Lipinski definition) is 3. The van der Waals surface area contributed by atoms with Gasteiger partial charge in [-0.1, -0.05) is 12.1 Å². The molecule has 4 N–H and O–H groups in total. The van der Waals surface area contributed by atoms with Crippen molar-refractivity contribution in [2.24, 2.45) is 16.6 Å². The Morgan fingerprint density at radius 1 is 1.37 bits per heavy atom. The first-order valence-corrected chi connectivity index (χ1v) is 7.06.